The van der Waals surface area contributed by atoms with Crippen LogP contribution in [0.4, 0.5) is 0 Å². The summed E-state index contributed by atoms with van der Waals surface area (Å²) in [6.07, 6.45) is 3.30. The first-order chi connectivity index (χ1) is 24.9. The van der Waals surface area contributed by atoms with Gasteiger partial charge in [0.05, 0.1) is 36.6 Å². The molecule has 3 fully saturated rings. The number of aliphatic hydroxyl groups is 1. The molecule has 1 spiro atoms. The average Bonchev–Trinajstić information content (AvgIpc) is 3.74. The molecule has 11 heteroatoms. The lowest BCUT2D eigenvalue weighted by Crippen LogP contribution is -2.59. The summed E-state index contributed by atoms with van der Waals surface area (Å²) in [5.41, 5.74) is 0.267. The van der Waals surface area contributed by atoms with Crippen LogP contribution in [0, 0.1) is 17.8 Å². The minimum atomic E-state index is -1.34. The highest BCUT2D eigenvalue weighted by molar-refractivity contribution is 9.09. The number of amides is 3. The number of esters is 1. The number of hydrogen-bond donors (Lipinski definition) is 1. The van der Waals surface area contributed by atoms with Gasteiger partial charge in [0.1, 0.15) is 17.7 Å². The normalized spacial score (nSPS) is 26.4. The molecule has 1 unspecified atom stereocenters. The van der Waals surface area contributed by atoms with Gasteiger partial charge in [-0.3, -0.25) is 19.2 Å². The van der Waals surface area contributed by atoms with Crippen LogP contribution in [0.15, 0.2) is 86.0 Å². The van der Waals surface area contributed by atoms with Gasteiger partial charge in [-0.05, 0) is 43.2 Å². The van der Waals surface area contributed by atoms with E-state index in [1.54, 1.807) is 29.0 Å². The SMILES string of the molecule is C=CCCC(=O)N(C)[C@@H](C)[C@@H](OC(=O)[C@@H]1[C@H]2O[C@@]3(CC2Br)[C@H](C(=O)N(CC=C)Cc2ccccc2)N([C@@H](CO)CC(C)C)C(=O)[C@@H]13)c1ccccc1. The monoisotopic (exact) mass is 777 g/mol. The summed E-state index contributed by atoms with van der Waals surface area (Å²) in [6, 6.07) is 16.5. The molecule has 3 aliphatic rings. The molecular weight excluding hydrogens is 726 g/mol. The average molecular weight is 779 g/mol. The Kier molecular flexibility index (Phi) is 12.8. The number of carbonyl (C=O) groups excluding carboxylic acids is 4. The molecule has 9 atom stereocenters. The number of carbonyl (C=O) groups is 4. The second-order valence-electron chi connectivity index (χ2n) is 14.7. The van der Waals surface area contributed by atoms with Gasteiger partial charge in [-0.2, -0.15) is 0 Å². The maximum Gasteiger partial charge on any atom is 0.313 e. The fourth-order valence-corrected chi connectivity index (χ4v) is 9.26. The van der Waals surface area contributed by atoms with Crippen LogP contribution in [0.3, 0.4) is 0 Å². The van der Waals surface area contributed by atoms with E-state index in [1.165, 1.54) is 4.90 Å². The summed E-state index contributed by atoms with van der Waals surface area (Å²) in [7, 11) is 1.69. The zero-order valence-corrected chi connectivity index (χ0v) is 32.2. The molecule has 0 saturated carbocycles. The third-order valence-electron chi connectivity index (χ3n) is 10.8. The number of ether oxygens (including phenoxy) is 2. The summed E-state index contributed by atoms with van der Waals surface area (Å²) in [6.45, 7) is 13.6. The minimum Gasteiger partial charge on any atom is -0.455 e. The molecule has 0 aromatic heterocycles. The highest BCUT2D eigenvalue weighted by Crippen LogP contribution is 2.61. The maximum atomic E-state index is 14.9. The number of aliphatic hydroxyl groups excluding tert-OH is 1. The zero-order valence-electron chi connectivity index (χ0n) is 30.6. The predicted octanol–water partition coefficient (Wildman–Crippen LogP) is 5.45. The van der Waals surface area contributed by atoms with Gasteiger partial charge >= 0.3 is 5.97 Å². The van der Waals surface area contributed by atoms with Gasteiger partial charge in [0.2, 0.25) is 17.7 Å². The molecular formula is C41H52BrN3O7. The van der Waals surface area contributed by atoms with E-state index in [-0.39, 0.29) is 48.7 Å². The highest BCUT2D eigenvalue weighted by atomic mass is 79.9. The number of allylic oxidation sites excluding steroid dienone is 1. The Labute approximate surface area is 315 Å². The van der Waals surface area contributed by atoms with Crippen LogP contribution in [0.2, 0.25) is 0 Å². The smallest absolute Gasteiger partial charge is 0.313 e. The molecule has 3 amide bonds. The Morgan fingerprint density at radius 2 is 1.73 bits per heavy atom. The maximum absolute atomic E-state index is 14.9. The van der Waals surface area contributed by atoms with E-state index in [0.29, 0.717) is 24.8 Å². The lowest BCUT2D eigenvalue weighted by molar-refractivity contribution is -0.165. The van der Waals surface area contributed by atoms with Crippen molar-refractivity contribution < 1.29 is 33.8 Å². The summed E-state index contributed by atoms with van der Waals surface area (Å²) >= 11 is 3.76. The van der Waals surface area contributed by atoms with Crippen LogP contribution in [0.1, 0.15) is 63.7 Å². The van der Waals surface area contributed by atoms with Crippen molar-refractivity contribution >= 4 is 39.6 Å². The van der Waals surface area contributed by atoms with E-state index < -0.39 is 59.6 Å². The second kappa shape index (κ2) is 16.9. The second-order valence-corrected chi connectivity index (χ2v) is 15.9. The van der Waals surface area contributed by atoms with E-state index >= 15 is 0 Å². The number of halogens is 1. The lowest BCUT2D eigenvalue weighted by atomic mass is 9.70. The first-order valence-corrected chi connectivity index (χ1v) is 19.1. The summed E-state index contributed by atoms with van der Waals surface area (Å²) in [4.78, 5) is 61.9. The third kappa shape index (κ3) is 7.63. The van der Waals surface area contributed by atoms with Crippen molar-refractivity contribution in [3.05, 3.63) is 97.1 Å². The Bertz CT molecular complexity index is 1610. The van der Waals surface area contributed by atoms with Crippen molar-refractivity contribution in [3.63, 3.8) is 0 Å². The van der Waals surface area contributed by atoms with Crippen molar-refractivity contribution in [1.29, 1.82) is 0 Å². The van der Waals surface area contributed by atoms with Gasteiger partial charge in [0.15, 0.2) is 0 Å². The van der Waals surface area contributed by atoms with Gasteiger partial charge in [0.25, 0.3) is 0 Å². The number of fused-ring (bicyclic) bond motifs is 1. The summed E-state index contributed by atoms with van der Waals surface area (Å²) in [5.74, 6) is -3.43. The van der Waals surface area contributed by atoms with Crippen LogP contribution < -0.4 is 0 Å². The first kappa shape index (κ1) is 39.4. The predicted molar refractivity (Wildman–Crippen MR) is 202 cm³/mol. The Morgan fingerprint density at radius 1 is 1.08 bits per heavy atom. The molecule has 5 rings (SSSR count). The van der Waals surface area contributed by atoms with Crippen LogP contribution in [-0.2, 0) is 35.2 Å². The number of nitrogens with zero attached hydrogens (tertiary/aromatic N) is 3. The highest BCUT2D eigenvalue weighted by Gasteiger charge is 2.77. The molecule has 10 nitrogen and oxygen atoms in total. The molecule has 2 bridgehead atoms. The molecule has 2 aromatic rings. The van der Waals surface area contributed by atoms with Gasteiger partial charge in [-0.15, -0.1) is 13.2 Å². The summed E-state index contributed by atoms with van der Waals surface area (Å²) < 4.78 is 13.2. The number of benzene rings is 2. The van der Waals surface area contributed by atoms with Crippen molar-refractivity contribution in [1.82, 2.24) is 14.7 Å². The van der Waals surface area contributed by atoms with Crippen molar-refractivity contribution in [3.8, 4) is 0 Å². The Morgan fingerprint density at radius 3 is 2.33 bits per heavy atom. The van der Waals surface area contributed by atoms with E-state index in [4.69, 9.17) is 9.47 Å². The summed E-state index contributed by atoms with van der Waals surface area (Å²) in [5, 5.41) is 10.7. The van der Waals surface area contributed by atoms with Gasteiger partial charge in [0, 0.05) is 31.4 Å². The molecule has 2 aromatic carbocycles. The van der Waals surface area contributed by atoms with Crippen molar-refractivity contribution in [2.45, 2.75) is 93.8 Å². The van der Waals surface area contributed by atoms with E-state index in [2.05, 4.69) is 29.1 Å². The number of rotatable bonds is 17. The largest absolute Gasteiger partial charge is 0.455 e. The first-order valence-electron chi connectivity index (χ1n) is 18.2. The fourth-order valence-electron chi connectivity index (χ4n) is 8.32. The number of likely N-dealkylation sites (N-methyl/N-ethyl adjacent to an activating group) is 1. The molecule has 1 N–H and O–H groups in total. The lowest BCUT2D eigenvalue weighted by Gasteiger charge is -2.40. The van der Waals surface area contributed by atoms with E-state index in [1.807, 2.05) is 81.4 Å². The number of alkyl halides is 1. The number of hydrogen-bond acceptors (Lipinski definition) is 7. The quantitative estimate of drug-likeness (QED) is 0.129. The Hall–Kier alpha value is -3.80. The molecule has 0 aliphatic carbocycles. The van der Waals surface area contributed by atoms with Crippen molar-refractivity contribution in [2.75, 3.05) is 20.2 Å². The van der Waals surface area contributed by atoms with Gasteiger partial charge in [-0.25, -0.2) is 0 Å². The molecule has 3 aliphatic heterocycles. The van der Waals surface area contributed by atoms with Crippen LogP contribution in [0.25, 0.3) is 0 Å². The van der Waals surface area contributed by atoms with Crippen LogP contribution >= 0.6 is 15.9 Å². The van der Waals surface area contributed by atoms with Crippen molar-refractivity contribution in [2.24, 2.45) is 17.8 Å². The fraction of sp³-hybridized carbons (Fsp3) is 0.512. The van der Waals surface area contributed by atoms with E-state index in [9.17, 15) is 24.3 Å². The third-order valence-corrected chi connectivity index (χ3v) is 11.7. The Balaban J connectivity index is 1.54. The van der Waals surface area contributed by atoms with Crippen LogP contribution in [-0.4, -0.2) is 98.4 Å². The van der Waals surface area contributed by atoms with E-state index in [0.717, 1.165) is 5.56 Å². The molecule has 280 valence electrons. The topological polar surface area (TPSA) is 117 Å². The molecule has 0 radical (unpaired) electrons. The number of likely N-dealkylation sites (tertiary alicyclic amines) is 1. The standard InChI is InChI=1S/C41H52BrN3O7/c1-7-9-20-32(47)43(6)27(5)35(29-18-14-11-15-19-29)51-40(50)33-34-38(48)45(30(25-46)22-26(3)4)37(41(34)23-31(42)36(33)52-41)39(49)44(21-8-2)24-28-16-12-10-13-17-28/h7-8,10-19,26-27,30-31,33-37,46H,1-2,9,20-25H2,3-6H3/t27-,30+,31?,33-,34+,35+,36-,37-,41+/m0/s1. The molecule has 3 saturated heterocycles. The zero-order chi connectivity index (χ0) is 37.7. The van der Waals surface area contributed by atoms with Crippen LogP contribution in [0.5, 0.6) is 0 Å². The minimum absolute atomic E-state index is 0.105. The molecule has 52 heavy (non-hydrogen) atoms. The van der Waals surface area contributed by atoms with Gasteiger partial charge in [-0.1, -0.05) is 103 Å². The van der Waals surface area contributed by atoms with Gasteiger partial charge < -0.3 is 29.3 Å². The molecule has 3 heterocycles.